The van der Waals surface area contributed by atoms with E-state index in [9.17, 15) is 22.8 Å². The number of rotatable bonds is 9. The van der Waals surface area contributed by atoms with Gasteiger partial charge >= 0.3 is 5.97 Å². The fourth-order valence-electron chi connectivity index (χ4n) is 3.55. The molecule has 1 aliphatic heterocycles. The average molecular weight is 505 g/mol. The third-order valence-corrected chi connectivity index (χ3v) is 8.22. The Morgan fingerprint density at radius 3 is 2.41 bits per heavy atom. The molecule has 2 aromatic carbocycles. The van der Waals surface area contributed by atoms with Gasteiger partial charge in [-0.2, -0.15) is 0 Å². The number of amides is 2. The number of hydrogen-bond donors (Lipinski definition) is 1. The highest BCUT2D eigenvalue weighted by Crippen LogP contribution is 2.25. The number of esters is 1. The fourth-order valence-corrected chi connectivity index (χ4v) is 5.93. The summed E-state index contributed by atoms with van der Waals surface area (Å²) in [5, 5.41) is 2.10. The number of benzene rings is 2. The molecule has 34 heavy (non-hydrogen) atoms. The predicted molar refractivity (Wildman–Crippen MR) is 134 cm³/mol. The van der Waals surface area contributed by atoms with Gasteiger partial charge in [-0.05, 0) is 44.5 Å². The first-order valence-electron chi connectivity index (χ1n) is 10.9. The van der Waals surface area contributed by atoms with Crippen molar-refractivity contribution in [2.75, 3.05) is 34.1 Å². The predicted octanol–water partition coefficient (Wildman–Crippen LogP) is 2.82. The van der Waals surface area contributed by atoms with E-state index in [1.165, 1.54) is 4.90 Å². The molecule has 2 atom stereocenters. The summed E-state index contributed by atoms with van der Waals surface area (Å²) in [5.74, 6) is -1.41. The van der Waals surface area contributed by atoms with E-state index >= 15 is 0 Å². The Kier molecular flexibility index (Phi) is 8.73. The number of nitrogens with zero attached hydrogens (tertiary/aromatic N) is 1. The van der Waals surface area contributed by atoms with Gasteiger partial charge in [0.1, 0.15) is 5.25 Å². The van der Waals surface area contributed by atoms with Gasteiger partial charge < -0.3 is 15.0 Å². The first-order valence-corrected chi connectivity index (χ1v) is 13.7. The number of ether oxygens (including phenoxy) is 1. The molecule has 0 aromatic heterocycles. The maximum atomic E-state index is 12.9. The number of hydrogen-bond acceptors (Lipinski definition) is 7. The monoisotopic (exact) mass is 504 g/mol. The van der Waals surface area contributed by atoms with Gasteiger partial charge in [0.05, 0.1) is 23.3 Å². The summed E-state index contributed by atoms with van der Waals surface area (Å²) in [6.45, 7) is 3.05. The number of carbonyl (C=O) groups excluding carboxylic acids is 3. The quantitative estimate of drug-likeness (QED) is 0.523. The number of carbonyl (C=O) groups is 3. The molecule has 0 aliphatic carbocycles. The highest BCUT2D eigenvalue weighted by molar-refractivity contribution is 8.01. The number of thioether (sulfide) groups is 1. The Hall–Kier alpha value is -2.85. The van der Waals surface area contributed by atoms with Gasteiger partial charge in [-0.1, -0.05) is 35.9 Å². The summed E-state index contributed by atoms with van der Waals surface area (Å²) < 4.78 is 29.1. The Bertz CT molecular complexity index is 1120. The average Bonchev–Trinajstić information content (AvgIpc) is 3.17. The number of anilines is 2. The lowest BCUT2D eigenvalue weighted by atomic mass is 10.2. The van der Waals surface area contributed by atoms with Crippen LogP contribution < -0.4 is 10.2 Å². The molecule has 0 radical (unpaired) electrons. The summed E-state index contributed by atoms with van der Waals surface area (Å²) >= 11 is 1.11. The zero-order chi connectivity index (χ0) is 24.7. The van der Waals surface area contributed by atoms with E-state index in [2.05, 4.69) is 5.32 Å². The van der Waals surface area contributed by atoms with Gasteiger partial charge in [0.2, 0.25) is 5.91 Å². The molecule has 8 nitrogen and oxygen atoms in total. The minimum Gasteiger partial charge on any atom is -0.455 e. The van der Waals surface area contributed by atoms with E-state index in [-0.39, 0.29) is 23.2 Å². The van der Waals surface area contributed by atoms with Crippen molar-refractivity contribution in [1.29, 1.82) is 0 Å². The third kappa shape index (κ3) is 7.33. The lowest BCUT2D eigenvalue weighted by molar-refractivity contribution is -0.147. The third-order valence-electron chi connectivity index (χ3n) is 5.35. The van der Waals surface area contributed by atoms with E-state index in [4.69, 9.17) is 4.74 Å². The molecule has 1 aliphatic rings. The molecule has 1 saturated heterocycles. The molecule has 10 heteroatoms. The van der Waals surface area contributed by atoms with Crippen LogP contribution in [0.5, 0.6) is 0 Å². The normalized spacial score (nSPS) is 17.5. The van der Waals surface area contributed by atoms with Crippen LogP contribution in [0.4, 0.5) is 11.4 Å². The summed E-state index contributed by atoms with van der Waals surface area (Å²) in [5.41, 5.74) is 2.31. The van der Waals surface area contributed by atoms with Crippen LogP contribution in [-0.2, 0) is 29.0 Å². The van der Waals surface area contributed by atoms with Crippen molar-refractivity contribution in [2.45, 2.75) is 31.6 Å². The first-order chi connectivity index (χ1) is 16.1. The standard InChI is InChI=1S/C24H28N2O6S2/c1-17-8-10-19(11-9-17)25-22(27)15-33-18(2)24(29)32-14-23(28)26(20-6-4-3-5-7-20)21-12-13-34(30,31)16-21/h3-11,18,21H,12-16H2,1-2H3,(H,25,27)/t18-,21+/m1/s1. The lowest BCUT2D eigenvalue weighted by Crippen LogP contribution is -2.44. The fraction of sp³-hybridized carbons (Fsp3) is 0.375. The lowest BCUT2D eigenvalue weighted by Gasteiger charge is -2.28. The van der Waals surface area contributed by atoms with E-state index in [0.717, 1.165) is 17.3 Å². The van der Waals surface area contributed by atoms with Gasteiger partial charge in [-0.15, -0.1) is 11.8 Å². The SMILES string of the molecule is Cc1ccc(NC(=O)CS[C@H](C)C(=O)OCC(=O)N(c2ccccc2)[C@H]2CCS(=O)(=O)C2)cc1. The van der Waals surface area contributed by atoms with Crippen molar-refractivity contribution in [3.8, 4) is 0 Å². The maximum absolute atomic E-state index is 12.9. The molecule has 0 bridgehead atoms. The van der Waals surface area contributed by atoms with Crippen molar-refractivity contribution in [2.24, 2.45) is 0 Å². The van der Waals surface area contributed by atoms with Crippen LogP contribution in [0.1, 0.15) is 18.9 Å². The number of aryl methyl sites for hydroxylation is 1. The summed E-state index contributed by atoms with van der Waals surface area (Å²) in [4.78, 5) is 38.9. The maximum Gasteiger partial charge on any atom is 0.319 e. The van der Waals surface area contributed by atoms with E-state index in [1.54, 1.807) is 49.4 Å². The number of sulfone groups is 1. The van der Waals surface area contributed by atoms with Crippen LogP contribution in [0.3, 0.4) is 0 Å². The van der Waals surface area contributed by atoms with Crippen LogP contribution in [0, 0.1) is 6.92 Å². The van der Waals surface area contributed by atoms with Gasteiger partial charge in [0.15, 0.2) is 16.4 Å². The number of para-hydroxylation sites is 1. The first kappa shape index (κ1) is 25.8. The zero-order valence-corrected chi connectivity index (χ0v) is 20.7. The van der Waals surface area contributed by atoms with Crippen molar-refractivity contribution in [3.05, 3.63) is 60.2 Å². The summed E-state index contributed by atoms with van der Waals surface area (Å²) in [6, 6.07) is 15.6. The second-order valence-corrected chi connectivity index (χ2v) is 11.7. The largest absolute Gasteiger partial charge is 0.455 e. The van der Waals surface area contributed by atoms with Gasteiger partial charge in [-0.25, -0.2) is 8.42 Å². The Morgan fingerprint density at radius 1 is 1.12 bits per heavy atom. The molecule has 2 amide bonds. The highest BCUT2D eigenvalue weighted by atomic mass is 32.2. The second-order valence-electron chi connectivity index (χ2n) is 8.13. The molecule has 3 rings (SSSR count). The Balaban J connectivity index is 1.52. The summed E-state index contributed by atoms with van der Waals surface area (Å²) in [7, 11) is -3.21. The summed E-state index contributed by atoms with van der Waals surface area (Å²) in [6.07, 6.45) is 0.333. The topological polar surface area (TPSA) is 110 Å². The van der Waals surface area contributed by atoms with Crippen LogP contribution >= 0.6 is 11.8 Å². The molecular weight excluding hydrogens is 476 g/mol. The van der Waals surface area contributed by atoms with Crippen LogP contribution in [0.25, 0.3) is 0 Å². The van der Waals surface area contributed by atoms with Crippen molar-refractivity contribution < 1.29 is 27.5 Å². The molecule has 0 spiro atoms. The molecule has 1 N–H and O–H groups in total. The molecule has 182 valence electrons. The van der Waals surface area contributed by atoms with Gasteiger partial charge in [-0.3, -0.25) is 14.4 Å². The van der Waals surface area contributed by atoms with E-state index in [1.807, 2.05) is 19.1 Å². The van der Waals surface area contributed by atoms with Gasteiger partial charge in [0, 0.05) is 11.4 Å². The molecule has 0 saturated carbocycles. The van der Waals surface area contributed by atoms with Crippen molar-refractivity contribution in [1.82, 2.24) is 0 Å². The molecule has 2 aromatic rings. The van der Waals surface area contributed by atoms with E-state index in [0.29, 0.717) is 17.8 Å². The van der Waals surface area contributed by atoms with E-state index < -0.39 is 39.6 Å². The van der Waals surface area contributed by atoms with Gasteiger partial charge in [0.25, 0.3) is 5.91 Å². The zero-order valence-electron chi connectivity index (χ0n) is 19.1. The highest BCUT2D eigenvalue weighted by Gasteiger charge is 2.36. The van der Waals surface area contributed by atoms with Crippen LogP contribution in [-0.4, -0.2) is 61.4 Å². The second kappa shape index (κ2) is 11.5. The minimum absolute atomic E-state index is 0.0202. The Labute approximate surface area is 204 Å². The van der Waals surface area contributed by atoms with Crippen LogP contribution in [0.2, 0.25) is 0 Å². The molecule has 1 heterocycles. The van der Waals surface area contributed by atoms with Crippen molar-refractivity contribution in [3.63, 3.8) is 0 Å². The Morgan fingerprint density at radius 2 is 1.79 bits per heavy atom. The smallest absolute Gasteiger partial charge is 0.319 e. The number of nitrogens with one attached hydrogen (secondary N) is 1. The minimum atomic E-state index is -3.21. The molecule has 1 fully saturated rings. The van der Waals surface area contributed by atoms with Crippen LogP contribution in [0.15, 0.2) is 54.6 Å². The van der Waals surface area contributed by atoms with Crippen molar-refractivity contribution >= 4 is 50.8 Å². The molecular formula is C24H28N2O6S2. The molecule has 0 unspecified atom stereocenters.